The molecule has 0 aromatic heterocycles. The van der Waals surface area contributed by atoms with E-state index in [-0.39, 0.29) is 36.7 Å². The number of nitrogens with one attached hydrogen (secondary N) is 1. The van der Waals surface area contributed by atoms with E-state index >= 15 is 0 Å². The molecule has 0 bridgehead atoms. The summed E-state index contributed by atoms with van der Waals surface area (Å²) in [6, 6.07) is 0. The molecule has 1 amide bonds. The molecule has 0 spiro atoms. The Morgan fingerprint density at radius 1 is 1.59 bits per heavy atom. The van der Waals surface area contributed by atoms with Crippen LogP contribution in [0.3, 0.4) is 0 Å². The number of hydrogen-bond donors (Lipinski definition) is 2. The third kappa shape index (κ3) is 5.04. The molecular weight excluding hydrogens is 282 g/mol. The van der Waals surface area contributed by atoms with Crippen molar-refractivity contribution in [1.82, 2.24) is 5.32 Å². The first-order valence-electron chi connectivity index (χ1n) is 7.87. The second kappa shape index (κ2) is 9.50. The maximum Gasteiger partial charge on any atom is 0.286 e. The van der Waals surface area contributed by atoms with Gasteiger partial charge >= 0.3 is 0 Å². The summed E-state index contributed by atoms with van der Waals surface area (Å²) in [5.41, 5.74) is 0. The van der Waals surface area contributed by atoms with Gasteiger partial charge in [-0.05, 0) is 37.7 Å². The van der Waals surface area contributed by atoms with E-state index in [2.05, 4.69) is 25.1 Å². The van der Waals surface area contributed by atoms with Gasteiger partial charge in [0.25, 0.3) is 5.91 Å². The smallest absolute Gasteiger partial charge is 0.286 e. The Kier molecular flexibility index (Phi) is 8.00. The number of ether oxygens (including phenoxy) is 2. The topological polar surface area (TPSA) is 67.8 Å². The van der Waals surface area contributed by atoms with Crippen LogP contribution >= 0.6 is 0 Å². The molecule has 124 valence electrons. The predicted molar refractivity (Wildman–Crippen MR) is 84.6 cm³/mol. The molecule has 0 aromatic rings. The van der Waals surface area contributed by atoms with Crippen LogP contribution in [0.15, 0.2) is 11.8 Å². The molecule has 5 nitrogen and oxygen atoms in total. The third-order valence-electron chi connectivity index (χ3n) is 3.80. The standard InChI is InChI=1S/C17H27NO4/c1-5-9-18-16(20)15-11-14(12(3)4)13(8-7-10-19)17(22-15)21-6-2/h1,11-14,17,19H,6-10H2,2-4H3,(H,18,20)/t13-,14-,17-/m0/s1. The zero-order valence-corrected chi connectivity index (χ0v) is 13.7. The van der Waals surface area contributed by atoms with E-state index in [1.54, 1.807) is 0 Å². The minimum Gasteiger partial charge on any atom is -0.459 e. The summed E-state index contributed by atoms with van der Waals surface area (Å²) in [7, 11) is 0. The van der Waals surface area contributed by atoms with Gasteiger partial charge in [0.1, 0.15) is 0 Å². The number of carbonyl (C=O) groups excluding carboxylic acids is 1. The number of carbonyl (C=O) groups is 1. The fourth-order valence-electron chi connectivity index (χ4n) is 2.74. The van der Waals surface area contributed by atoms with Crippen molar-refractivity contribution in [3.63, 3.8) is 0 Å². The quantitative estimate of drug-likeness (QED) is 0.669. The van der Waals surface area contributed by atoms with Gasteiger partial charge in [0, 0.05) is 19.1 Å². The molecule has 22 heavy (non-hydrogen) atoms. The highest BCUT2D eigenvalue weighted by atomic mass is 16.7. The molecular formula is C17H27NO4. The lowest BCUT2D eigenvalue weighted by Crippen LogP contribution is -2.41. The number of aliphatic hydroxyl groups excluding tert-OH is 1. The zero-order chi connectivity index (χ0) is 16.5. The van der Waals surface area contributed by atoms with Crippen LogP contribution in [0.1, 0.15) is 33.6 Å². The molecule has 1 rings (SSSR count). The predicted octanol–water partition coefficient (Wildman–Crippen LogP) is 1.67. The Bertz CT molecular complexity index is 425. The molecule has 0 saturated carbocycles. The Balaban J connectivity index is 2.96. The minimum atomic E-state index is -0.472. The fraction of sp³-hybridized carbons (Fsp3) is 0.706. The van der Waals surface area contributed by atoms with Gasteiger partial charge in [-0.3, -0.25) is 4.79 Å². The summed E-state index contributed by atoms with van der Waals surface area (Å²) in [4.78, 5) is 12.1. The summed E-state index contributed by atoms with van der Waals surface area (Å²) >= 11 is 0. The number of rotatable bonds is 8. The maximum absolute atomic E-state index is 12.1. The van der Waals surface area contributed by atoms with E-state index < -0.39 is 6.29 Å². The van der Waals surface area contributed by atoms with E-state index in [9.17, 15) is 4.79 Å². The van der Waals surface area contributed by atoms with Crippen LogP contribution in [0.5, 0.6) is 0 Å². The monoisotopic (exact) mass is 309 g/mol. The fourth-order valence-corrected chi connectivity index (χ4v) is 2.74. The lowest BCUT2D eigenvalue weighted by molar-refractivity contribution is -0.175. The van der Waals surface area contributed by atoms with Crippen molar-refractivity contribution in [3.8, 4) is 12.3 Å². The molecule has 3 atom stereocenters. The first-order valence-corrected chi connectivity index (χ1v) is 7.87. The largest absolute Gasteiger partial charge is 0.459 e. The van der Waals surface area contributed by atoms with Crippen molar-refractivity contribution < 1.29 is 19.4 Å². The summed E-state index contributed by atoms with van der Waals surface area (Å²) in [6.45, 7) is 6.92. The highest BCUT2D eigenvalue weighted by Crippen LogP contribution is 2.36. The summed E-state index contributed by atoms with van der Waals surface area (Å²) in [6.07, 6.45) is 8.04. The second-order valence-corrected chi connectivity index (χ2v) is 5.71. The molecule has 0 aromatic carbocycles. The van der Waals surface area contributed by atoms with E-state index in [1.807, 2.05) is 13.0 Å². The van der Waals surface area contributed by atoms with Gasteiger partial charge in [-0.2, -0.15) is 0 Å². The van der Waals surface area contributed by atoms with Crippen LogP contribution in [0.2, 0.25) is 0 Å². The average Bonchev–Trinajstić information content (AvgIpc) is 2.50. The number of aliphatic hydroxyl groups is 1. The Labute approximate surface area is 133 Å². The molecule has 1 heterocycles. The van der Waals surface area contributed by atoms with Gasteiger partial charge in [0.05, 0.1) is 6.54 Å². The van der Waals surface area contributed by atoms with E-state index in [1.165, 1.54) is 0 Å². The van der Waals surface area contributed by atoms with Gasteiger partial charge in [-0.1, -0.05) is 19.8 Å². The number of amides is 1. The van der Waals surface area contributed by atoms with Crippen LogP contribution in [0, 0.1) is 30.1 Å². The summed E-state index contributed by atoms with van der Waals surface area (Å²) in [5.74, 6) is 2.95. The average molecular weight is 309 g/mol. The summed E-state index contributed by atoms with van der Waals surface area (Å²) in [5, 5.41) is 11.7. The van der Waals surface area contributed by atoms with Crippen molar-refractivity contribution in [2.75, 3.05) is 19.8 Å². The van der Waals surface area contributed by atoms with Crippen molar-refractivity contribution in [1.29, 1.82) is 0 Å². The van der Waals surface area contributed by atoms with Gasteiger partial charge < -0.3 is 19.9 Å². The highest BCUT2D eigenvalue weighted by molar-refractivity contribution is 5.91. The van der Waals surface area contributed by atoms with Gasteiger partial charge in [-0.15, -0.1) is 6.42 Å². The number of allylic oxidation sites excluding steroid dienone is 1. The van der Waals surface area contributed by atoms with Crippen LogP contribution in [-0.2, 0) is 14.3 Å². The molecule has 5 heteroatoms. The Morgan fingerprint density at radius 3 is 2.86 bits per heavy atom. The maximum atomic E-state index is 12.1. The minimum absolute atomic E-state index is 0.122. The van der Waals surface area contributed by atoms with Crippen LogP contribution in [0.4, 0.5) is 0 Å². The van der Waals surface area contributed by atoms with Crippen molar-refractivity contribution >= 4 is 5.91 Å². The first-order chi connectivity index (χ1) is 10.5. The SMILES string of the molecule is C#CCNC(=O)C1=C[C@@H](C(C)C)[C@H](CCCO)[C@@H](OCC)O1. The Morgan fingerprint density at radius 2 is 2.32 bits per heavy atom. The number of terminal acetylenes is 1. The van der Waals surface area contributed by atoms with Gasteiger partial charge in [0.15, 0.2) is 5.76 Å². The Hall–Kier alpha value is -1.51. The normalized spacial score (nSPS) is 24.4. The zero-order valence-electron chi connectivity index (χ0n) is 13.7. The van der Waals surface area contributed by atoms with Crippen LogP contribution < -0.4 is 5.32 Å². The second-order valence-electron chi connectivity index (χ2n) is 5.71. The number of hydrogen-bond acceptors (Lipinski definition) is 4. The summed E-state index contributed by atoms with van der Waals surface area (Å²) < 4.78 is 11.4. The third-order valence-corrected chi connectivity index (χ3v) is 3.80. The molecule has 0 unspecified atom stereocenters. The van der Waals surface area contributed by atoms with Gasteiger partial charge in [0.2, 0.25) is 6.29 Å². The van der Waals surface area contributed by atoms with E-state index in [0.717, 1.165) is 6.42 Å². The van der Waals surface area contributed by atoms with Crippen molar-refractivity contribution in [2.45, 2.75) is 39.9 Å². The molecule has 1 aliphatic rings. The lowest BCUT2D eigenvalue weighted by Gasteiger charge is -2.38. The first kappa shape index (κ1) is 18.5. The highest BCUT2D eigenvalue weighted by Gasteiger charge is 2.38. The van der Waals surface area contributed by atoms with Gasteiger partial charge in [-0.25, -0.2) is 0 Å². The molecule has 0 fully saturated rings. The van der Waals surface area contributed by atoms with Crippen LogP contribution in [-0.4, -0.2) is 37.1 Å². The van der Waals surface area contributed by atoms with Crippen molar-refractivity contribution in [2.24, 2.45) is 17.8 Å². The molecule has 0 aliphatic carbocycles. The van der Waals surface area contributed by atoms with Crippen molar-refractivity contribution in [3.05, 3.63) is 11.8 Å². The van der Waals surface area contributed by atoms with Crippen LogP contribution in [0.25, 0.3) is 0 Å². The molecule has 2 N–H and O–H groups in total. The molecule has 0 saturated heterocycles. The van der Waals surface area contributed by atoms with E-state index in [0.29, 0.717) is 18.9 Å². The molecule has 1 aliphatic heterocycles. The molecule has 0 radical (unpaired) electrons. The van der Waals surface area contributed by atoms with E-state index in [4.69, 9.17) is 21.0 Å². The lowest BCUT2D eigenvalue weighted by atomic mass is 9.78.